The summed E-state index contributed by atoms with van der Waals surface area (Å²) in [5, 5.41) is 8.66. The van der Waals surface area contributed by atoms with Crippen molar-refractivity contribution in [3.05, 3.63) is 34.6 Å². The van der Waals surface area contributed by atoms with Crippen LogP contribution in [-0.2, 0) is 11.2 Å². The third-order valence-electron chi connectivity index (χ3n) is 2.48. The third-order valence-corrected chi connectivity index (χ3v) is 2.84. The van der Waals surface area contributed by atoms with Gasteiger partial charge in [-0.15, -0.1) is 0 Å². The van der Waals surface area contributed by atoms with Gasteiger partial charge >= 0.3 is 6.18 Å². The first-order valence-electron chi connectivity index (χ1n) is 5.63. The van der Waals surface area contributed by atoms with Gasteiger partial charge in [0, 0.05) is 17.1 Å². The molecule has 20 heavy (non-hydrogen) atoms. The van der Waals surface area contributed by atoms with Crippen LogP contribution in [0, 0.1) is 5.82 Å². The molecule has 1 aromatic carbocycles. The molecule has 8 heteroatoms. The predicted octanol–water partition coefficient (Wildman–Crippen LogP) is 2.40. The number of aliphatic hydroxyl groups is 1. The lowest BCUT2D eigenvalue weighted by Gasteiger charge is -2.23. The Bertz CT molecular complexity index is 459. The van der Waals surface area contributed by atoms with Gasteiger partial charge in [-0.3, -0.25) is 4.79 Å². The highest BCUT2D eigenvalue weighted by Crippen LogP contribution is 2.21. The van der Waals surface area contributed by atoms with Crippen LogP contribution >= 0.6 is 11.6 Å². The van der Waals surface area contributed by atoms with Gasteiger partial charge in [0.05, 0.1) is 13.0 Å². The van der Waals surface area contributed by atoms with Gasteiger partial charge in [0.25, 0.3) is 0 Å². The number of amides is 1. The standard InChI is InChI=1S/C12H12ClF4NO2/c13-9-2-1-3-10(14)8(9)6-11(20)18(4-5-19)7-12(15,16)17/h1-3,19H,4-7H2. The zero-order chi connectivity index (χ0) is 15.3. The highest BCUT2D eigenvalue weighted by atomic mass is 35.5. The topological polar surface area (TPSA) is 40.5 Å². The Balaban J connectivity index is 2.86. The molecular formula is C12H12ClF4NO2. The fraction of sp³-hybridized carbons (Fsp3) is 0.417. The van der Waals surface area contributed by atoms with Crippen molar-refractivity contribution in [3.63, 3.8) is 0 Å². The SMILES string of the molecule is O=C(Cc1c(F)cccc1Cl)N(CCO)CC(F)(F)F. The van der Waals surface area contributed by atoms with E-state index < -0.39 is 44.0 Å². The van der Waals surface area contributed by atoms with E-state index in [4.69, 9.17) is 16.7 Å². The van der Waals surface area contributed by atoms with Crippen molar-refractivity contribution in [1.29, 1.82) is 0 Å². The molecule has 0 aliphatic rings. The van der Waals surface area contributed by atoms with Crippen molar-refractivity contribution in [1.82, 2.24) is 4.90 Å². The molecule has 0 unspecified atom stereocenters. The van der Waals surface area contributed by atoms with E-state index in [9.17, 15) is 22.4 Å². The lowest BCUT2D eigenvalue weighted by atomic mass is 10.1. The summed E-state index contributed by atoms with van der Waals surface area (Å²) in [4.78, 5) is 12.2. The molecule has 0 heterocycles. The van der Waals surface area contributed by atoms with Gasteiger partial charge in [-0.2, -0.15) is 13.2 Å². The molecule has 0 saturated heterocycles. The number of hydrogen-bond acceptors (Lipinski definition) is 2. The summed E-state index contributed by atoms with van der Waals surface area (Å²) in [5.74, 6) is -1.72. The quantitative estimate of drug-likeness (QED) is 0.848. The number of alkyl halides is 3. The van der Waals surface area contributed by atoms with Crippen LogP contribution in [0.1, 0.15) is 5.56 Å². The number of rotatable bonds is 5. The third kappa shape index (κ3) is 4.97. The maximum atomic E-state index is 13.5. The number of aliphatic hydroxyl groups excluding tert-OH is 1. The molecule has 0 bridgehead atoms. The number of benzene rings is 1. The minimum absolute atomic E-state index is 0.0330. The van der Waals surface area contributed by atoms with E-state index in [0.29, 0.717) is 4.90 Å². The second-order valence-electron chi connectivity index (χ2n) is 4.03. The van der Waals surface area contributed by atoms with Crippen LogP contribution in [0.25, 0.3) is 0 Å². The van der Waals surface area contributed by atoms with Crippen molar-refractivity contribution < 1.29 is 27.5 Å². The Morgan fingerprint density at radius 3 is 2.50 bits per heavy atom. The largest absolute Gasteiger partial charge is 0.406 e. The summed E-state index contributed by atoms with van der Waals surface area (Å²) in [5.41, 5.74) is -0.163. The number of hydrogen-bond donors (Lipinski definition) is 1. The first-order valence-corrected chi connectivity index (χ1v) is 6.00. The summed E-state index contributed by atoms with van der Waals surface area (Å²) in [6.45, 7) is -2.60. The summed E-state index contributed by atoms with van der Waals surface area (Å²) in [6.07, 6.45) is -5.19. The Morgan fingerprint density at radius 2 is 2.00 bits per heavy atom. The van der Waals surface area contributed by atoms with Crippen LogP contribution in [0.5, 0.6) is 0 Å². The normalized spacial score (nSPS) is 11.5. The molecule has 0 fully saturated rings. The summed E-state index contributed by atoms with van der Waals surface area (Å²) in [6, 6.07) is 3.73. The monoisotopic (exact) mass is 313 g/mol. The van der Waals surface area contributed by atoms with Crippen LogP contribution in [0.2, 0.25) is 5.02 Å². The van der Waals surface area contributed by atoms with Crippen LogP contribution in [0.15, 0.2) is 18.2 Å². The van der Waals surface area contributed by atoms with E-state index in [0.717, 1.165) is 6.07 Å². The Hall–Kier alpha value is -1.34. The smallest absolute Gasteiger partial charge is 0.395 e. The van der Waals surface area contributed by atoms with Crippen molar-refractivity contribution >= 4 is 17.5 Å². The molecule has 1 N–H and O–H groups in total. The molecule has 1 aromatic rings. The minimum atomic E-state index is -4.59. The van der Waals surface area contributed by atoms with Crippen molar-refractivity contribution in [2.24, 2.45) is 0 Å². The average molecular weight is 314 g/mol. The van der Waals surface area contributed by atoms with Crippen LogP contribution in [0.3, 0.4) is 0 Å². The van der Waals surface area contributed by atoms with Crippen molar-refractivity contribution in [3.8, 4) is 0 Å². The van der Waals surface area contributed by atoms with Crippen molar-refractivity contribution in [2.45, 2.75) is 12.6 Å². The van der Waals surface area contributed by atoms with Crippen LogP contribution < -0.4 is 0 Å². The lowest BCUT2D eigenvalue weighted by Crippen LogP contribution is -2.41. The minimum Gasteiger partial charge on any atom is -0.395 e. The molecule has 1 amide bonds. The van der Waals surface area contributed by atoms with Gasteiger partial charge in [-0.05, 0) is 12.1 Å². The molecule has 0 aromatic heterocycles. The second-order valence-corrected chi connectivity index (χ2v) is 4.44. The highest BCUT2D eigenvalue weighted by molar-refractivity contribution is 6.31. The molecule has 1 rings (SSSR count). The van der Waals surface area contributed by atoms with Crippen LogP contribution in [0.4, 0.5) is 17.6 Å². The zero-order valence-electron chi connectivity index (χ0n) is 10.3. The zero-order valence-corrected chi connectivity index (χ0v) is 11.0. The maximum Gasteiger partial charge on any atom is 0.406 e. The van der Waals surface area contributed by atoms with E-state index in [2.05, 4.69) is 0 Å². The van der Waals surface area contributed by atoms with Gasteiger partial charge in [-0.1, -0.05) is 17.7 Å². The Morgan fingerprint density at radius 1 is 1.35 bits per heavy atom. The van der Waals surface area contributed by atoms with Gasteiger partial charge in [0.15, 0.2) is 0 Å². The molecular weight excluding hydrogens is 302 g/mol. The number of halogens is 5. The molecule has 0 aliphatic heterocycles. The lowest BCUT2D eigenvalue weighted by molar-refractivity contribution is -0.161. The first-order chi connectivity index (χ1) is 9.24. The molecule has 0 aliphatic carbocycles. The van der Waals surface area contributed by atoms with Gasteiger partial charge in [-0.25, -0.2) is 4.39 Å². The highest BCUT2D eigenvalue weighted by Gasteiger charge is 2.33. The molecule has 0 atom stereocenters. The fourth-order valence-electron chi connectivity index (χ4n) is 1.59. The van der Waals surface area contributed by atoms with E-state index in [1.807, 2.05) is 0 Å². The van der Waals surface area contributed by atoms with E-state index >= 15 is 0 Å². The maximum absolute atomic E-state index is 13.5. The number of nitrogens with zero attached hydrogens (tertiary/aromatic N) is 1. The van der Waals surface area contributed by atoms with Gasteiger partial charge < -0.3 is 10.0 Å². The molecule has 112 valence electrons. The molecule has 0 spiro atoms. The summed E-state index contributed by atoms with van der Waals surface area (Å²) >= 11 is 5.71. The first kappa shape index (κ1) is 16.7. The second kappa shape index (κ2) is 6.90. The van der Waals surface area contributed by atoms with E-state index in [-0.39, 0.29) is 10.6 Å². The Kier molecular flexibility index (Phi) is 5.76. The van der Waals surface area contributed by atoms with Gasteiger partial charge in [0.2, 0.25) is 5.91 Å². The predicted molar refractivity (Wildman–Crippen MR) is 64.8 cm³/mol. The molecule has 3 nitrogen and oxygen atoms in total. The van der Waals surface area contributed by atoms with E-state index in [1.54, 1.807) is 0 Å². The van der Waals surface area contributed by atoms with Crippen molar-refractivity contribution in [2.75, 3.05) is 19.7 Å². The molecule has 0 radical (unpaired) electrons. The fourth-order valence-corrected chi connectivity index (χ4v) is 1.82. The molecule has 0 saturated carbocycles. The number of carbonyl (C=O) groups is 1. The van der Waals surface area contributed by atoms with Gasteiger partial charge in [0.1, 0.15) is 12.4 Å². The Labute approximate surface area is 117 Å². The number of carbonyl (C=O) groups excluding carboxylic acids is 1. The summed E-state index contributed by atoms with van der Waals surface area (Å²) in [7, 11) is 0. The van der Waals surface area contributed by atoms with E-state index in [1.165, 1.54) is 12.1 Å². The summed E-state index contributed by atoms with van der Waals surface area (Å²) < 4.78 is 50.4. The average Bonchev–Trinajstić information content (AvgIpc) is 2.31. The van der Waals surface area contributed by atoms with Crippen LogP contribution in [-0.4, -0.2) is 41.8 Å².